The van der Waals surface area contributed by atoms with Gasteiger partial charge in [0.05, 0.1) is 32.2 Å². The lowest BCUT2D eigenvalue weighted by Gasteiger charge is -2.28. The zero-order valence-corrected chi connectivity index (χ0v) is 16.7. The van der Waals surface area contributed by atoms with Crippen molar-refractivity contribution in [1.82, 2.24) is 19.6 Å². The lowest BCUT2D eigenvalue weighted by Crippen LogP contribution is -2.36. The second-order valence-corrected chi connectivity index (χ2v) is 6.96. The van der Waals surface area contributed by atoms with Gasteiger partial charge in [0.15, 0.2) is 11.5 Å². The summed E-state index contributed by atoms with van der Waals surface area (Å²) in [6.07, 6.45) is 3.59. The number of hydrogen-bond donors (Lipinski definition) is 1. The van der Waals surface area contributed by atoms with E-state index in [9.17, 15) is 0 Å². The minimum atomic E-state index is 0.724. The smallest absolute Gasteiger partial charge is 0.155 e. The molecule has 152 valence electrons. The highest BCUT2D eigenvalue weighted by molar-refractivity contribution is 5.69. The molecule has 30 heavy (non-hydrogen) atoms. The number of ether oxygens (including phenoxy) is 2. The molecule has 1 aliphatic heterocycles. The molecule has 8 heteroatoms. The highest BCUT2D eigenvalue weighted by Gasteiger charge is 2.14. The Kier molecular flexibility index (Phi) is 4.90. The summed E-state index contributed by atoms with van der Waals surface area (Å²) in [5.41, 5.74) is 3.43. The Balaban J connectivity index is 1.47. The monoisotopic (exact) mass is 402 g/mol. The predicted octanol–water partition coefficient (Wildman–Crippen LogP) is 3.38. The Bertz CT molecular complexity index is 1170. The molecule has 8 nitrogen and oxygen atoms in total. The van der Waals surface area contributed by atoms with Gasteiger partial charge in [-0.1, -0.05) is 12.1 Å². The maximum absolute atomic E-state index is 5.49. The Morgan fingerprint density at radius 3 is 2.77 bits per heavy atom. The van der Waals surface area contributed by atoms with Gasteiger partial charge in [0.1, 0.15) is 11.6 Å². The molecule has 3 aromatic heterocycles. The number of pyridine rings is 1. The van der Waals surface area contributed by atoms with Gasteiger partial charge in [-0.05, 0) is 30.3 Å². The molecule has 0 spiro atoms. The topological polar surface area (TPSA) is 76.8 Å². The second-order valence-electron chi connectivity index (χ2n) is 6.96. The molecule has 1 aromatic carbocycles. The van der Waals surface area contributed by atoms with Crippen molar-refractivity contribution in [2.75, 3.05) is 43.6 Å². The Morgan fingerprint density at radius 2 is 1.90 bits per heavy atom. The van der Waals surface area contributed by atoms with Gasteiger partial charge in [-0.15, -0.1) is 0 Å². The normalized spacial score (nSPS) is 14.1. The number of hydrogen-bond acceptors (Lipinski definition) is 7. The first-order chi connectivity index (χ1) is 14.8. The Hall–Kier alpha value is -3.65. The summed E-state index contributed by atoms with van der Waals surface area (Å²) < 4.78 is 12.7. The molecule has 1 N–H and O–H groups in total. The van der Waals surface area contributed by atoms with Crippen molar-refractivity contribution >= 4 is 23.0 Å². The zero-order valence-electron chi connectivity index (χ0n) is 16.7. The van der Waals surface area contributed by atoms with Crippen molar-refractivity contribution in [1.29, 1.82) is 0 Å². The molecule has 4 aromatic rings. The SMILES string of the molecule is COc1ccccc1-c1ccc2ncc(Nc3ccnc(N4CCOCC4)c3)n2n1. The van der Waals surface area contributed by atoms with Crippen LogP contribution in [0.3, 0.4) is 0 Å². The summed E-state index contributed by atoms with van der Waals surface area (Å²) in [5.74, 6) is 2.49. The maximum Gasteiger partial charge on any atom is 0.155 e. The minimum absolute atomic E-state index is 0.724. The number of anilines is 3. The van der Waals surface area contributed by atoms with Gasteiger partial charge in [0, 0.05) is 36.6 Å². The van der Waals surface area contributed by atoms with Gasteiger partial charge >= 0.3 is 0 Å². The maximum atomic E-state index is 5.49. The highest BCUT2D eigenvalue weighted by Crippen LogP contribution is 2.29. The number of rotatable bonds is 5. The number of nitrogens with zero attached hydrogens (tertiary/aromatic N) is 5. The largest absolute Gasteiger partial charge is 0.496 e. The summed E-state index contributed by atoms with van der Waals surface area (Å²) in [7, 11) is 1.66. The second kappa shape index (κ2) is 8.00. The van der Waals surface area contributed by atoms with Crippen LogP contribution in [0.25, 0.3) is 16.9 Å². The molecule has 1 aliphatic rings. The summed E-state index contributed by atoms with van der Waals surface area (Å²) in [6, 6.07) is 15.7. The van der Waals surface area contributed by atoms with Crippen LogP contribution in [0.2, 0.25) is 0 Å². The lowest BCUT2D eigenvalue weighted by atomic mass is 10.1. The van der Waals surface area contributed by atoms with Crippen LogP contribution in [0, 0.1) is 0 Å². The molecular weight excluding hydrogens is 380 g/mol. The number of para-hydroxylation sites is 1. The van der Waals surface area contributed by atoms with Crippen LogP contribution < -0.4 is 15.0 Å². The molecular formula is C22H22N6O2. The molecule has 0 radical (unpaired) electrons. The molecule has 1 fully saturated rings. The first-order valence-electron chi connectivity index (χ1n) is 9.86. The molecule has 0 aliphatic carbocycles. The molecule has 0 atom stereocenters. The molecule has 5 rings (SSSR count). The molecule has 0 bridgehead atoms. The average molecular weight is 402 g/mol. The Labute approximate surface area is 174 Å². The van der Waals surface area contributed by atoms with Crippen molar-refractivity contribution in [2.24, 2.45) is 0 Å². The number of imidazole rings is 1. The predicted molar refractivity (Wildman–Crippen MR) is 116 cm³/mol. The Morgan fingerprint density at radius 1 is 1.03 bits per heavy atom. The molecule has 1 saturated heterocycles. The van der Waals surface area contributed by atoms with Gasteiger partial charge in [-0.25, -0.2) is 9.97 Å². The van der Waals surface area contributed by atoms with Gasteiger partial charge in [-0.3, -0.25) is 0 Å². The van der Waals surface area contributed by atoms with Crippen LogP contribution in [0.15, 0.2) is 60.9 Å². The standard InChI is InChI=1S/C22H22N6O2/c1-29-19-5-3-2-4-17(19)18-6-7-20-24-15-22(28(20)26-18)25-16-8-9-23-21(14-16)27-10-12-30-13-11-27/h2-9,14-15H,10-13H2,1H3,(H,23,25). The third-order valence-electron chi connectivity index (χ3n) is 5.10. The van der Waals surface area contributed by atoms with E-state index in [0.717, 1.165) is 66.3 Å². The van der Waals surface area contributed by atoms with Crippen LogP contribution in [0.5, 0.6) is 5.75 Å². The minimum Gasteiger partial charge on any atom is -0.496 e. The lowest BCUT2D eigenvalue weighted by molar-refractivity contribution is 0.122. The van der Waals surface area contributed by atoms with Gasteiger partial charge < -0.3 is 19.7 Å². The third kappa shape index (κ3) is 3.53. The van der Waals surface area contributed by atoms with E-state index in [2.05, 4.69) is 20.2 Å². The fourth-order valence-corrected chi connectivity index (χ4v) is 3.57. The van der Waals surface area contributed by atoms with Crippen molar-refractivity contribution in [3.63, 3.8) is 0 Å². The number of fused-ring (bicyclic) bond motifs is 1. The average Bonchev–Trinajstić information content (AvgIpc) is 3.21. The number of benzene rings is 1. The molecule has 4 heterocycles. The molecule has 0 unspecified atom stereocenters. The summed E-state index contributed by atoms with van der Waals surface area (Å²) in [6.45, 7) is 3.14. The van der Waals surface area contributed by atoms with Crippen molar-refractivity contribution < 1.29 is 9.47 Å². The van der Waals surface area contributed by atoms with Crippen molar-refractivity contribution in [3.05, 3.63) is 60.9 Å². The van der Waals surface area contributed by atoms with E-state index < -0.39 is 0 Å². The van der Waals surface area contributed by atoms with E-state index in [1.165, 1.54) is 0 Å². The number of morpholine rings is 1. The van der Waals surface area contributed by atoms with Gasteiger partial charge in [-0.2, -0.15) is 9.61 Å². The van der Waals surface area contributed by atoms with Crippen molar-refractivity contribution in [2.45, 2.75) is 0 Å². The highest BCUT2D eigenvalue weighted by atomic mass is 16.5. The fourth-order valence-electron chi connectivity index (χ4n) is 3.57. The zero-order chi connectivity index (χ0) is 20.3. The number of nitrogens with one attached hydrogen (secondary N) is 1. The molecule has 0 saturated carbocycles. The van der Waals surface area contributed by atoms with Crippen LogP contribution in [-0.4, -0.2) is 53.0 Å². The first kappa shape index (κ1) is 18.4. The van der Waals surface area contributed by atoms with Crippen LogP contribution in [0.1, 0.15) is 0 Å². The van der Waals surface area contributed by atoms with Crippen molar-refractivity contribution in [3.8, 4) is 17.0 Å². The summed E-state index contributed by atoms with van der Waals surface area (Å²) in [4.78, 5) is 11.2. The summed E-state index contributed by atoms with van der Waals surface area (Å²) >= 11 is 0. The van der Waals surface area contributed by atoms with E-state index in [0.29, 0.717) is 0 Å². The van der Waals surface area contributed by atoms with Crippen LogP contribution >= 0.6 is 0 Å². The van der Waals surface area contributed by atoms with E-state index >= 15 is 0 Å². The number of methoxy groups -OCH3 is 1. The third-order valence-corrected chi connectivity index (χ3v) is 5.10. The van der Waals surface area contributed by atoms with Gasteiger partial charge in [0.25, 0.3) is 0 Å². The van der Waals surface area contributed by atoms with Gasteiger partial charge in [0.2, 0.25) is 0 Å². The van der Waals surface area contributed by atoms with Crippen LogP contribution in [0.4, 0.5) is 17.3 Å². The fraction of sp³-hybridized carbons (Fsp3) is 0.227. The number of aromatic nitrogens is 4. The van der Waals surface area contributed by atoms with Crippen LogP contribution in [-0.2, 0) is 4.74 Å². The van der Waals surface area contributed by atoms with E-state index in [4.69, 9.17) is 14.6 Å². The van der Waals surface area contributed by atoms with E-state index in [1.54, 1.807) is 17.8 Å². The molecule has 0 amide bonds. The quantitative estimate of drug-likeness (QED) is 0.548. The van der Waals surface area contributed by atoms with E-state index in [-0.39, 0.29) is 0 Å². The first-order valence-corrected chi connectivity index (χ1v) is 9.86. The van der Waals surface area contributed by atoms with E-state index in [1.807, 2.05) is 54.7 Å². The summed E-state index contributed by atoms with van der Waals surface area (Å²) in [5, 5.41) is 8.21.